The van der Waals surface area contributed by atoms with E-state index in [0.717, 1.165) is 42.3 Å². The van der Waals surface area contributed by atoms with E-state index in [2.05, 4.69) is 24.1 Å². The number of hydrogen-bond donors (Lipinski definition) is 1. The first kappa shape index (κ1) is 22.0. The van der Waals surface area contributed by atoms with E-state index in [1.807, 2.05) is 41.1 Å². The average Bonchev–Trinajstić information content (AvgIpc) is 3.20. The van der Waals surface area contributed by atoms with E-state index in [4.69, 9.17) is 9.84 Å². The standard InChI is InChI=1S/C26H31FN4O2/c1-3-17(2)31-24-7-5-4-6-23(24)25(29-31)26(32)28-20-12-21-15-33-16-22(13-20)30(21)14-18-8-10-19(27)11-9-18/h4-11,17,20-22H,3,12-16H2,1-2H3,(H,28,32)/t17?,20?,21-,22+. The van der Waals surface area contributed by atoms with Gasteiger partial charge in [0.1, 0.15) is 5.82 Å². The van der Waals surface area contributed by atoms with E-state index in [9.17, 15) is 9.18 Å². The smallest absolute Gasteiger partial charge is 0.272 e. The average molecular weight is 451 g/mol. The van der Waals surface area contributed by atoms with Gasteiger partial charge in [-0.05, 0) is 49.9 Å². The summed E-state index contributed by atoms with van der Waals surface area (Å²) in [7, 11) is 0. The van der Waals surface area contributed by atoms with Crippen molar-refractivity contribution in [3.8, 4) is 0 Å². The van der Waals surface area contributed by atoms with Crippen LogP contribution in [0.3, 0.4) is 0 Å². The third-order valence-corrected chi connectivity index (χ3v) is 7.12. The predicted molar refractivity (Wildman–Crippen MR) is 126 cm³/mol. The number of morpholine rings is 1. The Balaban J connectivity index is 1.31. The summed E-state index contributed by atoms with van der Waals surface area (Å²) >= 11 is 0. The van der Waals surface area contributed by atoms with Crippen molar-refractivity contribution in [1.82, 2.24) is 20.0 Å². The van der Waals surface area contributed by atoms with Gasteiger partial charge in [0.2, 0.25) is 0 Å². The Labute approximate surface area is 193 Å². The molecule has 2 unspecified atom stereocenters. The molecular weight excluding hydrogens is 419 g/mol. The van der Waals surface area contributed by atoms with Crippen molar-refractivity contribution in [3.05, 3.63) is 65.6 Å². The summed E-state index contributed by atoms with van der Waals surface area (Å²) in [4.78, 5) is 15.8. The van der Waals surface area contributed by atoms with Crippen LogP contribution in [-0.2, 0) is 11.3 Å². The summed E-state index contributed by atoms with van der Waals surface area (Å²) in [5, 5.41) is 8.88. The molecule has 6 nitrogen and oxygen atoms in total. The highest BCUT2D eigenvalue weighted by Gasteiger charge is 2.39. The number of ether oxygens (including phenoxy) is 1. The van der Waals surface area contributed by atoms with Gasteiger partial charge in [0, 0.05) is 36.1 Å². The topological polar surface area (TPSA) is 59.4 Å². The van der Waals surface area contributed by atoms with Crippen molar-refractivity contribution in [3.63, 3.8) is 0 Å². The molecule has 7 heteroatoms. The van der Waals surface area contributed by atoms with E-state index in [1.54, 1.807) is 0 Å². The van der Waals surface area contributed by atoms with Crippen molar-refractivity contribution in [2.24, 2.45) is 0 Å². The van der Waals surface area contributed by atoms with Crippen molar-refractivity contribution < 1.29 is 13.9 Å². The van der Waals surface area contributed by atoms with Gasteiger partial charge in [-0.15, -0.1) is 0 Å². The van der Waals surface area contributed by atoms with Crippen LogP contribution in [-0.4, -0.2) is 51.9 Å². The monoisotopic (exact) mass is 450 g/mol. The maximum Gasteiger partial charge on any atom is 0.272 e. The fourth-order valence-electron chi connectivity index (χ4n) is 5.19. The van der Waals surface area contributed by atoms with E-state index in [0.29, 0.717) is 18.9 Å². The molecule has 0 spiro atoms. The van der Waals surface area contributed by atoms with E-state index in [-0.39, 0.29) is 35.9 Å². The summed E-state index contributed by atoms with van der Waals surface area (Å²) in [6.45, 7) is 6.31. The summed E-state index contributed by atoms with van der Waals surface area (Å²) in [5.74, 6) is -0.323. The second-order valence-corrected chi connectivity index (χ2v) is 9.35. The number of aromatic nitrogens is 2. The fourth-order valence-corrected chi connectivity index (χ4v) is 5.19. The zero-order chi connectivity index (χ0) is 22.9. The molecule has 4 atom stereocenters. The Kier molecular flexibility index (Phi) is 6.17. The van der Waals surface area contributed by atoms with Crippen molar-refractivity contribution in [2.45, 2.75) is 63.8 Å². The van der Waals surface area contributed by atoms with Crippen LogP contribution in [0, 0.1) is 5.82 Å². The number of carbonyl (C=O) groups is 1. The van der Waals surface area contributed by atoms with Crippen molar-refractivity contribution in [1.29, 1.82) is 0 Å². The van der Waals surface area contributed by atoms with E-state index < -0.39 is 0 Å². The van der Waals surface area contributed by atoms with Gasteiger partial charge in [-0.2, -0.15) is 5.10 Å². The molecule has 1 N–H and O–H groups in total. The van der Waals surface area contributed by atoms with Crippen molar-refractivity contribution >= 4 is 16.8 Å². The van der Waals surface area contributed by atoms with Gasteiger partial charge in [0.25, 0.3) is 5.91 Å². The third kappa shape index (κ3) is 4.39. The highest BCUT2D eigenvalue weighted by molar-refractivity contribution is 6.05. The number of benzene rings is 2. The molecule has 5 rings (SSSR count). The number of rotatable bonds is 6. The lowest BCUT2D eigenvalue weighted by Crippen LogP contribution is -2.60. The molecule has 3 aromatic rings. The third-order valence-electron chi connectivity index (χ3n) is 7.12. The van der Waals surface area contributed by atoms with Gasteiger partial charge in [0.15, 0.2) is 5.69 Å². The Bertz CT molecular complexity index is 1120. The molecule has 2 saturated heterocycles. The highest BCUT2D eigenvalue weighted by Crippen LogP contribution is 2.30. The zero-order valence-electron chi connectivity index (χ0n) is 19.2. The van der Waals surface area contributed by atoms with Crippen LogP contribution in [0.25, 0.3) is 10.9 Å². The first-order valence-electron chi connectivity index (χ1n) is 11.9. The Morgan fingerprint density at radius 1 is 1.15 bits per heavy atom. The molecule has 0 aliphatic carbocycles. The molecule has 2 fully saturated rings. The first-order chi connectivity index (χ1) is 16.0. The van der Waals surface area contributed by atoms with Crippen molar-refractivity contribution in [2.75, 3.05) is 13.2 Å². The zero-order valence-corrected chi connectivity index (χ0v) is 19.2. The molecule has 3 heterocycles. The summed E-state index contributed by atoms with van der Waals surface area (Å²) in [6.07, 6.45) is 2.60. The number of nitrogens with zero attached hydrogens (tertiary/aromatic N) is 3. The lowest BCUT2D eigenvalue weighted by atomic mass is 9.89. The van der Waals surface area contributed by atoms with Gasteiger partial charge in [0.05, 0.1) is 18.7 Å². The van der Waals surface area contributed by atoms with Gasteiger partial charge in [-0.1, -0.05) is 37.3 Å². The number of para-hydroxylation sites is 1. The molecule has 0 saturated carbocycles. The molecule has 0 radical (unpaired) electrons. The molecule has 2 aliphatic rings. The number of amides is 1. The molecule has 1 aromatic heterocycles. The number of carbonyl (C=O) groups excluding carboxylic acids is 1. The van der Waals surface area contributed by atoms with Crippen LogP contribution in [0.2, 0.25) is 0 Å². The summed E-state index contributed by atoms with van der Waals surface area (Å²) in [5.41, 5.74) is 2.59. The van der Waals surface area contributed by atoms with Crippen LogP contribution in [0.4, 0.5) is 4.39 Å². The van der Waals surface area contributed by atoms with Gasteiger partial charge >= 0.3 is 0 Å². The number of fused-ring (bicyclic) bond motifs is 3. The Morgan fingerprint density at radius 2 is 1.85 bits per heavy atom. The maximum absolute atomic E-state index is 13.3. The molecule has 174 valence electrons. The second kappa shape index (κ2) is 9.23. The van der Waals surface area contributed by atoms with Crippen LogP contribution in [0.15, 0.2) is 48.5 Å². The van der Waals surface area contributed by atoms with E-state index in [1.165, 1.54) is 12.1 Å². The second-order valence-electron chi connectivity index (χ2n) is 9.35. The lowest BCUT2D eigenvalue weighted by Gasteiger charge is -2.48. The van der Waals surface area contributed by atoms with Gasteiger partial charge in [-0.3, -0.25) is 14.4 Å². The quantitative estimate of drug-likeness (QED) is 0.608. The normalized spacial score (nSPS) is 24.0. The summed E-state index contributed by atoms with van der Waals surface area (Å²) in [6, 6.07) is 15.4. The van der Waals surface area contributed by atoms with E-state index >= 15 is 0 Å². The molecule has 2 aliphatic heterocycles. The largest absolute Gasteiger partial charge is 0.378 e. The number of piperidine rings is 1. The number of hydrogen-bond acceptors (Lipinski definition) is 4. The van der Waals surface area contributed by atoms with Crippen LogP contribution in [0.1, 0.15) is 55.2 Å². The summed E-state index contributed by atoms with van der Waals surface area (Å²) < 4.78 is 21.1. The highest BCUT2D eigenvalue weighted by atomic mass is 19.1. The maximum atomic E-state index is 13.3. The lowest BCUT2D eigenvalue weighted by molar-refractivity contribution is -0.0843. The minimum absolute atomic E-state index is 0.0772. The predicted octanol–water partition coefficient (Wildman–Crippen LogP) is 4.31. The van der Waals surface area contributed by atoms with Crippen LogP contribution < -0.4 is 5.32 Å². The minimum atomic E-state index is -0.216. The Morgan fingerprint density at radius 3 is 2.55 bits per heavy atom. The SMILES string of the molecule is CCC(C)n1nc(C(=O)NC2C[C@H]3COC[C@@H](C2)N3Cc2ccc(F)cc2)c2ccccc21. The molecule has 33 heavy (non-hydrogen) atoms. The van der Waals surface area contributed by atoms with Gasteiger partial charge in [-0.25, -0.2) is 4.39 Å². The first-order valence-corrected chi connectivity index (χ1v) is 11.9. The number of halogens is 1. The minimum Gasteiger partial charge on any atom is -0.378 e. The number of nitrogens with one attached hydrogen (secondary N) is 1. The van der Waals surface area contributed by atoms with Crippen LogP contribution in [0.5, 0.6) is 0 Å². The molecule has 1 amide bonds. The Hall–Kier alpha value is -2.77. The molecule has 2 aromatic carbocycles. The van der Waals surface area contributed by atoms with Crippen LogP contribution >= 0.6 is 0 Å². The molecular formula is C26H31FN4O2. The van der Waals surface area contributed by atoms with Gasteiger partial charge < -0.3 is 10.1 Å². The molecule has 2 bridgehead atoms. The fraction of sp³-hybridized carbons (Fsp3) is 0.462.